The van der Waals surface area contributed by atoms with Gasteiger partial charge in [-0.05, 0) is 22.0 Å². The summed E-state index contributed by atoms with van der Waals surface area (Å²) in [6, 6.07) is 8.06. The number of hydrogen-bond acceptors (Lipinski definition) is 5. The normalized spacial score (nSPS) is 14.4. The Morgan fingerprint density at radius 2 is 1.92 bits per heavy atom. The van der Waals surface area contributed by atoms with E-state index in [0.29, 0.717) is 5.95 Å². The number of hydrogen-bond donors (Lipinski definition) is 1. The third-order valence-corrected chi connectivity index (χ3v) is 5.30. The second-order valence-electron chi connectivity index (χ2n) is 6.27. The predicted octanol–water partition coefficient (Wildman–Crippen LogP) is 2.91. The molecule has 0 aliphatic carbocycles. The van der Waals surface area contributed by atoms with Crippen LogP contribution in [-0.2, 0) is 12.8 Å². The van der Waals surface area contributed by atoms with Crippen LogP contribution in [0.3, 0.4) is 0 Å². The van der Waals surface area contributed by atoms with E-state index in [1.807, 2.05) is 30.5 Å². The average Bonchev–Trinajstić information content (AvgIpc) is 3.25. The third-order valence-electron chi connectivity index (χ3n) is 4.74. The molecule has 1 aliphatic heterocycles. The van der Waals surface area contributed by atoms with Gasteiger partial charge in [-0.2, -0.15) is 14.8 Å². The molecule has 1 aromatic carbocycles. The van der Waals surface area contributed by atoms with Gasteiger partial charge in [0.25, 0.3) is 5.95 Å². The Morgan fingerprint density at radius 1 is 1.04 bits per heavy atom. The van der Waals surface area contributed by atoms with E-state index in [1.165, 1.54) is 5.69 Å². The van der Waals surface area contributed by atoms with E-state index in [9.17, 15) is 0 Å². The van der Waals surface area contributed by atoms with Crippen LogP contribution >= 0.6 is 15.9 Å². The minimum Gasteiger partial charge on any atom is -0.355 e. The SMILES string of the molecule is Brc1cnc(-n2ncc3ccccc32)nc1N1CCc2nc[nH]c2CC1. The Labute approximate surface area is 158 Å². The Hall–Kier alpha value is -2.74. The number of aromatic amines is 1. The highest BCUT2D eigenvalue weighted by molar-refractivity contribution is 9.10. The molecule has 0 atom stereocenters. The number of nitrogens with zero attached hydrogens (tertiary/aromatic N) is 6. The van der Waals surface area contributed by atoms with Crippen molar-refractivity contribution in [1.82, 2.24) is 29.7 Å². The van der Waals surface area contributed by atoms with Crippen molar-refractivity contribution in [3.63, 3.8) is 0 Å². The lowest BCUT2D eigenvalue weighted by Crippen LogP contribution is -2.28. The molecule has 0 fully saturated rings. The quantitative estimate of drug-likeness (QED) is 0.550. The van der Waals surface area contributed by atoms with Crippen molar-refractivity contribution in [1.29, 1.82) is 0 Å². The van der Waals surface area contributed by atoms with E-state index >= 15 is 0 Å². The molecule has 7 nitrogen and oxygen atoms in total. The molecule has 26 heavy (non-hydrogen) atoms. The highest BCUT2D eigenvalue weighted by Crippen LogP contribution is 2.27. The summed E-state index contributed by atoms with van der Waals surface area (Å²) in [5, 5.41) is 5.54. The average molecular weight is 410 g/mol. The van der Waals surface area contributed by atoms with Crippen LogP contribution < -0.4 is 4.90 Å². The number of fused-ring (bicyclic) bond motifs is 2. The van der Waals surface area contributed by atoms with Crippen LogP contribution in [0.2, 0.25) is 0 Å². The Bertz CT molecular complexity index is 1060. The van der Waals surface area contributed by atoms with Gasteiger partial charge in [-0.25, -0.2) is 9.97 Å². The van der Waals surface area contributed by atoms with Crippen molar-refractivity contribution in [2.24, 2.45) is 0 Å². The lowest BCUT2D eigenvalue weighted by Gasteiger charge is -2.22. The van der Waals surface area contributed by atoms with Gasteiger partial charge in [0.15, 0.2) is 0 Å². The molecule has 3 aromatic heterocycles. The van der Waals surface area contributed by atoms with Gasteiger partial charge in [0.1, 0.15) is 5.82 Å². The monoisotopic (exact) mass is 409 g/mol. The number of aromatic nitrogens is 6. The third kappa shape index (κ3) is 2.57. The zero-order valence-electron chi connectivity index (χ0n) is 13.9. The van der Waals surface area contributed by atoms with Gasteiger partial charge in [-0.1, -0.05) is 18.2 Å². The summed E-state index contributed by atoms with van der Waals surface area (Å²) in [5.41, 5.74) is 3.36. The van der Waals surface area contributed by atoms with Crippen LogP contribution in [0.25, 0.3) is 16.9 Å². The van der Waals surface area contributed by atoms with Gasteiger partial charge in [0.05, 0.1) is 28.2 Å². The van der Waals surface area contributed by atoms with Gasteiger partial charge < -0.3 is 9.88 Å². The predicted molar refractivity (Wildman–Crippen MR) is 103 cm³/mol. The zero-order chi connectivity index (χ0) is 17.5. The van der Waals surface area contributed by atoms with Crippen LogP contribution in [0.1, 0.15) is 11.4 Å². The van der Waals surface area contributed by atoms with E-state index in [2.05, 4.69) is 40.9 Å². The Balaban J connectivity index is 1.52. The van der Waals surface area contributed by atoms with E-state index in [0.717, 1.165) is 52.8 Å². The van der Waals surface area contributed by atoms with Crippen molar-refractivity contribution < 1.29 is 0 Å². The maximum Gasteiger partial charge on any atom is 0.253 e. The van der Waals surface area contributed by atoms with Crippen molar-refractivity contribution in [3.05, 3.63) is 58.8 Å². The first-order valence-electron chi connectivity index (χ1n) is 8.51. The van der Waals surface area contributed by atoms with Crippen LogP contribution in [0.4, 0.5) is 5.82 Å². The summed E-state index contributed by atoms with van der Waals surface area (Å²) in [6.07, 6.45) is 7.24. The summed E-state index contributed by atoms with van der Waals surface area (Å²) < 4.78 is 2.67. The van der Waals surface area contributed by atoms with Gasteiger partial charge in [-0.3, -0.25) is 0 Å². The van der Waals surface area contributed by atoms with Crippen LogP contribution in [-0.4, -0.2) is 42.8 Å². The summed E-state index contributed by atoms with van der Waals surface area (Å²) in [6.45, 7) is 1.75. The van der Waals surface area contributed by atoms with Crippen molar-refractivity contribution in [3.8, 4) is 5.95 Å². The summed E-state index contributed by atoms with van der Waals surface area (Å²) in [7, 11) is 0. The number of para-hydroxylation sites is 1. The van der Waals surface area contributed by atoms with E-state index in [1.54, 1.807) is 17.2 Å². The topological polar surface area (TPSA) is 75.5 Å². The number of nitrogens with one attached hydrogen (secondary N) is 1. The fourth-order valence-corrected chi connectivity index (χ4v) is 3.84. The second-order valence-corrected chi connectivity index (χ2v) is 7.13. The number of rotatable bonds is 2. The second kappa shape index (κ2) is 6.21. The first-order chi connectivity index (χ1) is 12.8. The molecule has 5 rings (SSSR count). The lowest BCUT2D eigenvalue weighted by atomic mass is 10.2. The fourth-order valence-electron chi connectivity index (χ4n) is 3.40. The molecule has 0 bridgehead atoms. The van der Waals surface area contributed by atoms with E-state index < -0.39 is 0 Å². The smallest absolute Gasteiger partial charge is 0.253 e. The highest BCUT2D eigenvalue weighted by Gasteiger charge is 2.20. The number of H-pyrrole nitrogens is 1. The molecule has 0 saturated heterocycles. The van der Waals surface area contributed by atoms with Crippen molar-refractivity contribution >= 4 is 32.7 Å². The standard InChI is InChI=1S/C18H16BrN7/c19-13-10-20-18(26-16-4-2-1-3-12(16)9-23-26)24-17(13)25-7-5-14-15(6-8-25)22-11-21-14/h1-4,9-11H,5-8H2,(H,21,22). The molecule has 0 radical (unpaired) electrons. The molecule has 1 N–H and O–H groups in total. The molecule has 0 unspecified atom stereocenters. The summed E-state index contributed by atoms with van der Waals surface area (Å²) >= 11 is 3.61. The van der Waals surface area contributed by atoms with Crippen molar-refractivity contribution in [2.75, 3.05) is 18.0 Å². The molecular weight excluding hydrogens is 394 g/mol. The molecule has 4 heterocycles. The molecular formula is C18H16BrN7. The summed E-state index contributed by atoms with van der Waals surface area (Å²) in [5.74, 6) is 1.46. The zero-order valence-corrected chi connectivity index (χ0v) is 15.5. The number of anilines is 1. The van der Waals surface area contributed by atoms with Gasteiger partial charge in [0.2, 0.25) is 0 Å². The van der Waals surface area contributed by atoms with Crippen molar-refractivity contribution in [2.45, 2.75) is 12.8 Å². The molecule has 4 aromatic rings. The molecule has 1 aliphatic rings. The number of imidazole rings is 1. The molecule has 0 saturated carbocycles. The van der Waals surface area contributed by atoms with Gasteiger partial charge in [-0.15, -0.1) is 0 Å². The first-order valence-corrected chi connectivity index (χ1v) is 9.30. The summed E-state index contributed by atoms with van der Waals surface area (Å²) in [4.78, 5) is 19.2. The first kappa shape index (κ1) is 15.5. The number of benzene rings is 1. The van der Waals surface area contributed by atoms with Crippen LogP contribution in [0, 0.1) is 0 Å². The molecule has 0 amide bonds. The molecule has 8 heteroatoms. The van der Waals surface area contributed by atoms with Crippen LogP contribution in [0.15, 0.2) is 47.5 Å². The lowest BCUT2D eigenvalue weighted by molar-refractivity contribution is 0.759. The van der Waals surface area contributed by atoms with Crippen LogP contribution in [0.5, 0.6) is 0 Å². The van der Waals surface area contributed by atoms with E-state index in [4.69, 9.17) is 4.98 Å². The maximum atomic E-state index is 4.82. The van der Waals surface area contributed by atoms with Gasteiger partial charge >= 0.3 is 0 Å². The largest absolute Gasteiger partial charge is 0.355 e. The van der Waals surface area contributed by atoms with E-state index in [-0.39, 0.29) is 0 Å². The Morgan fingerprint density at radius 3 is 2.88 bits per heavy atom. The minimum atomic E-state index is 0.574. The molecule has 0 spiro atoms. The highest BCUT2D eigenvalue weighted by atomic mass is 79.9. The number of halogens is 1. The van der Waals surface area contributed by atoms with Gasteiger partial charge in [0, 0.05) is 43.2 Å². The Kier molecular flexibility index (Phi) is 3.70. The fraction of sp³-hybridized carbons (Fsp3) is 0.222. The minimum absolute atomic E-state index is 0.574. The maximum absolute atomic E-state index is 4.82. The molecule has 130 valence electrons.